The second-order valence-corrected chi connectivity index (χ2v) is 10.5. The molecule has 0 aliphatic carbocycles. The monoisotopic (exact) mass is 516 g/mol. The van der Waals surface area contributed by atoms with Crippen LogP contribution in [0, 0.1) is 13.8 Å². The van der Waals surface area contributed by atoms with E-state index in [2.05, 4.69) is 10.6 Å². The van der Waals surface area contributed by atoms with Gasteiger partial charge >= 0.3 is 0 Å². The highest BCUT2D eigenvalue weighted by Crippen LogP contribution is 2.27. The van der Waals surface area contributed by atoms with Crippen LogP contribution in [0.1, 0.15) is 31.8 Å². The molecule has 0 radical (unpaired) electrons. The van der Waals surface area contributed by atoms with Crippen molar-refractivity contribution in [3.05, 3.63) is 107 Å². The van der Waals surface area contributed by atoms with Crippen LogP contribution in [-0.2, 0) is 9.84 Å². The third-order valence-electron chi connectivity index (χ3n) is 5.65. The van der Waals surface area contributed by atoms with Gasteiger partial charge in [-0.1, -0.05) is 12.1 Å². The van der Waals surface area contributed by atoms with Gasteiger partial charge in [0.05, 0.1) is 21.2 Å². The third kappa shape index (κ3) is 5.62. The summed E-state index contributed by atoms with van der Waals surface area (Å²) in [5.74, 6) is -1.16. The number of nitrogens with one attached hydrogen (secondary N) is 2. The summed E-state index contributed by atoms with van der Waals surface area (Å²) in [6.07, 6.45) is 0. The number of benzene rings is 4. The van der Waals surface area contributed by atoms with Crippen LogP contribution in [0.15, 0.2) is 94.7 Å². The normalized spacial score (nSPS) is 11.1. The van der Waals surface area contributed by atoms with Crippen LogP contribution in [0.5, 0.6) is 11.5 Å². The number of hydrogen-bond acceptors (Lipinski definition) is 6. The molecule has 4 rings (SSSR count). The fraction of sp³-hybridized carbons (Fsp3) is 0.0714. The zero-order valence-corrected chi connectivity index (χ0v) is 20.8. The average molecular weight is 517 g/mol. The van der Waals surface area contributed by atoms with Gasteiger partial charge in [-0.25, -0.2) is 8.42 Å². The Kier molecular flexibility index (Phi) is 6.99. The molecule has 2 amide bonds. The largest absolute Gasteiger partial charge is 0.506 e. The number of carbonyl (C=O) groups excluding carboxylic acids is 2. The number of anilines is 2. The maximum atomic E-state index is 13.1. The van der Waals surface area contributed by atoms with Gasteiger partial charge in [-0.3, -0.25) is 9.59 Å². The van der Waals surface area contributed by atoms with E-state index in [-0.39, 0.29) is 43.8 Å². The van der Waals surface area contributed by atoms with E-state index >= 15 is 0 Å². The van der Waals surface area contributed by atoms with Gasteiger partial charge in [0, 0.05) is 11.1 Å². The molecule has 8 nitrogen and oxygen atoms in total. The van der Waals surface area contributed by atoms with E-state index in [9.17, 15) is 28.2 Å². The Hall–Kier alpha value is -4.63. The van der Waals surface area contributed by atoms with Crippen molar-refractivity contribution in [3.8, 4) is 11.5 Å². The maximum Gasteiger partial charge on any atom is 0.255 e. The van der Waals surface area contributed by atoms with Crippen LogP contribution in [0.4, 0.5) is 11.4 Å². The lowest BCUT2D eigenvalue weighted by Crippen LogP contribution is -2.13. The van der Waals surface area contributed by atoms with Gasteiger partial charge in [-0.2, -0.15) is 0 Å². The molecule has 0 saturated heterocycles. The summed E-state index contributed by atoms with van der Waals surface area (Å²) < 4.78 is 26.2. The van der Waals surface area contributed by atoms with Crippen LogP contribution in [-0.4, -0.2) is 30.4 Å². The van der Waals surface area contributed by atoms with Gasteiger partial charge in [0.2, 0.25) is 9.84 Å². The van der Waals surface area contributed by atoms with E-state index in [0.29, 0.717) is 0 Å². The Labute approximate surface area is 214 Å². The third-order valence-corrected chi connectivity index (χ3v) is 7.44. The van der Waals surface area contributed by atoms with Gasteiger partial charge in [0.15, 0.2) is 0 Å². The van der Waals surface area contributed by atoms with E-state index in [1.807, 2.05) is 13.8 Å². The first-order valence-electron chi connectivity index (χ1n) is 11.2. The molecule has 0 spiro atoms. The number of aromatic hydroxyl groups is 2. The molecule has 37 heavy (non-hydrogen) atoms. The zero-order chi connectivity index (χ0) is 26.7. The first-order chi connectivity index (χ1) is 17.5. The number of rotatable bonds is 6. The Morgan fingerprint density at radius 3 is 1.30 bits per heavy atom. The molecular formula is C28H24N2O6S. The molecule has 0 heterocycles. The SMILES string of the molecule is Cc1ccc(O)c(NC(=O)c2ccc(S(=O)(=O)c3ccc(C(=O)Nc4cc(C)ccc4O)cc3)cc2)c1. The van der Waals surface area contributed by atoms with E-state index < -0.39 is 21.7 Å². The minimum absolute atomic E-state index is 0.0238. The summed E-state index contributed by atoms with van der Waals surface area (Å²) in [7, 11) is -3.91. The molecular weight excluding hydrogens is 492 g/mol. The second kappa shape index (κ2) is 10.2. The molecule has 0 unspecified atom stereocenters. The fourth-order valence-electron chi connectivity index (χ4n) is 3.60. The summed E-state index contributed by atoms with van der Waals surface area (Å²) >= 11 is 0. The number of sulfone groups is 1. The number of carbonyl (C=O) groups is 2. The molecule has 0 aliphatic heterocycles. The predicted octanol–water partition coefficient (Wildman–Crippen LogP) is 5.05. The highest BCUT2D eigenvalue weighted by atomic mass is 32.2. The van der Waals surface area contributed by atoms with Crippen LogP contribution in [0.2, 0.25) is 0 Å². The van der Waals surface area contributed by atoms with Crippen molar-refractivity contribution in [2.24, 2.45) is 0 Å². The van der Waals surface area contributed by atoms with Gasteiger partial charge in [0.1, 0.15) is 11.5 Å². The Balaban J connectivity index is 1.48. The van der Waals surface area contributed by atoms with Gasteiger partial charge < -0.3 is 20.8 Å². The van der Waals surface area contributed by atoms with Crippen molar-refractivity contribution in [2.75, 3.05) is 10.6 Å². The quantitative estimate of drug-likeness (QED) is 0.265. The summed E-state index contributed by atoms with van der Waals surface area (Å²) in [6.45, 7) is 3.64. The van der Waals surface area contributed by atoms with Gasteiger partial charge in [-0.05, 0) is 97.8 Å². The van der Waals surface area contributed by atoms with Gasteiger partial charge in [-0.15, -0.1) is 0 Å². The fourth-order valence-corrected chi connectivity index (χ4v) is 4.86. The smallest absolute Gasteiger partial charge is 0.255 e. The van der Waals surface area contributed by atoms with Crippen molar-refractivity contribution in [1.82, 2.24) is 0 Å². The van der Waals surface area contributed by atoms with E-state index in [0.717, 1.165) is 11.1 Å². The van der Waals surface area contributed by atoms with E-state index in [1.165, 1.54) is 60.7 Å². The van der Waals surface area contributed by atoms with Gasteiger partial charge in [0.25, 0.3) is 11.8 Å². The Morgan fingerprint density at radius 2 is 0.946 bits per heavy atom. The number of phenolic OH excluding ortho intramolecular Hbond substituents is 2. The zero-order valence-electron chi connectivity index (χ0n) is 20.0. The van der Waals surface area contributed by atoms with Crippen LogP contribution in [0.3, 0.4) is 0 Å². The van der Waals surface area contributed by atoms with E-state index in [1.54, 1.807) is 24.3 Å². The molecule has 0 atom stereocenters. The first kappa shape index (κ1) is 25.5. The molecule has 0 saturated carbocycles. The summed E-state index contributed by atoms with van der Waals surface area (Å²) in [5.41, 5.74) is 2.64. The Morgan fingerprint density at radius 1 is 0.595 bits per heavy atom. The molecule has 4 aromatic carbocycles. The van der Waals surface area contributed by atoms with Crippen LogP contribution in [0.25, 0.3) is 0 Å². The lowest BCUT2D eigenvalue weighted by molar-refractivity contribution is 0.101. The Bertz CT molecular complexity index is 1480. The maximum absolute atomic E-state index is 13.1. The number of hydrogen-bond donors (Lipinski definition) is 4. The summed E-state index contributed by atoms with van der Waals surface area (Å²) in [4.78, 5) is 25.1. The minimum atomic E-state index is -3.91. The van der Waals surface area contributed by atoms with E-state index in [4.69, 9.17) is 0 Å². The van der Waals surface area contributed by atoms with Crippen molar-refractivity contribution < 1.29 is 28.2 Å². The minimum Gasteiger partial charge on any atom is -0.506 e. The lowest BCUT2D eigenvalue weighted by atomic mass is 10.1. The highest BCUT2D eigenvalue weighted by Gasteiger charge is 2.19. The second-order valence-electron chi connectivity index (χ2n) is 8.50. The molecule has 9 heteroatoms. The van der Waals surface area contributed by atoms with Crippen molar-refractivity contribution in [2.45, 2.75) is 23.6 Å². The molecule has 188 valence electrons. The first-order valence-corrected chi connectivity index (χ1v) is 12.7. The van der Waals surface area contributed by atoms with Crippen molar-refractivity contribution in [3.63, 3.8) is 0 Å². The van der Waals surface area contributed by atoms with Crippen molar-refractivity contribution in [1.29, 1.82) is 0 Å². The molecule has 4 aromatic rings. The topological polar surface area (TPSA) is 133 Å². The summed E-state index contributed by atoms with van der Waals surface area (Å²) in [5, 5.41) is 25.1. The number of phenols is 2. The van der Waals surface area contributed by atoms with Crippen LogP contribution < -0.4 is 10.6 Å². The summed E-state index contributed by atoms with van der Waals surface area (Å²) in [6, 6.07) is 20.4. The number of amides is 2. The highest BCUT2D eigenvalue weighted by molar-refractivity contribution is 7.91. The lowest BCUT2D eigenvalue weighted by Gasteiger charge is -2.10. The molecule has 0 aromatic heterocycles. The molecule has 0 fully saturated rings. The standard InChI is InChI=1S/C28H24N2O6S/c1-17-3-13-25(31)23(15-17)29-27(33)19-5-9-21(10-6-19)37(35,36)22-11-7-20(8-12-22)28(34)30-24-16-18(2)4-14-26(24)32/h3-16,31-32H,1-2H3,(H,29,33)(H,30,34). The van der Waals surface area contributed by atoms with Crippen LogP contribution >= 0.6 is 0 Å². The molecule has 4 N–H and O–H groups in total. The number of aryl methyl sites for hydroxylation is 2. The average Bonchev–Trinajstić information content (AvgIpc) is 2.88. The predicted molar refractivity (Wildman–Crippen MR) is 140 cm³/mol. The molecule has 0 aliphatic rings. The molecule has 0 bridgehead atoms. The van der Waals surface area contributed by atoms with Crippen molar-refractivity contribution >= 4 is 33.0 Å².